The van der Waals surface area contributed by atoms with Gasteiger partial charge in [-0.05, 0) is 128 Å². The van der Waals surface area contributed by atoms with Gasteiger partial charge in [0, 0.05) is 50.1 Å². The Labute approximate surface area is 465 Å². The van der Waals surface area contributed by atoms with Crippen LogP contribution in [0.4, 0.5) is 17.1 Å². The lowest BCUT2D eigenvalue weighted by Gasteiger charge is -2.26. The van der Waals surface area contributed by atoms with Crippen molar-refractivity contribution in [1.82, 2.24) is 15.0 Å². The second-order valence-electron chi connectivity index (χ2n) is 20.0. The number of benzene rings is 12. The quantitative estimate of drug-likeness (QED) is 0.122. The van der Waals surface area contributed by atoms with Crippen molar-refractivity contribution < 1.29 is 4.42 Å². The van der Waals surface area contributed by atoms with Crippen molar-refractivity contribution in [3.8, 4) is 101 Å². The highest BCUT2D eigenvalue weighted by Crippen LogP contribution is 2.42. The van der Waals surface area contributed by atoms with Gasteiger partial charge in [0.2, 0.25) is 0 Å². The van der Waals surface area contributed by atoms with E-state index in [1.165, 1.54) is 22.3 Å². The molecule has 0 spiro atoms. The smallest absolute Gasteiger partial charge is 0.164 e. The normalized spacial score (nSPS) is 11.2. The molecule has 0 saturated heterocycles. The molecule has 5 heteroatoms. The Morgan fingerprint density at radius 1 is 0.225 bits per heavy atom. The first-order valence-electron chi connectivity index (χ1n) is 27.0. The number of anilines is 3. The number of furan rings is 1. The van der Waals surface area contributed by atoms with Crippen molar-refractivity contribution in [2.24, 2.45) is 0 Å². The van der Waals surface area contributed by atoms with Gasteiger partial charge in [-0.3, -0.25) is 0 Å². The fourth-order valence-electron chi connectivity index (χ4n) is 10.8. The topological polar surface area (TPSA) is 55.1 Å². The molecule has 14 rings (SSSR count). The van der Waals surface area contributed by atoms with Crippen LogP contribution in [-0.4, -0.2) is 15.0 Å². The number of aromatic nitrogens is 3. The van der Waals surface area contributed by atoms with E-state index in [9.17, 15) is 0 Å². The van der Waals surface area contributed by atoms with Crippen LogP contribution in [0.15, 0.2) is 308 Å². The average Bonchev–Trinajstić information content (AvgIpc) is 3.96. The van der Waals surface area contributed by atoms with Crippen molar-refractivity contribution in [2.45, 2.75) is 0 Å². The van der Waals surface area contributed by atoms with Crippen LogP contribution in [0.25, 0.3) is 123 Å². The number of rotatable bonds is 12. The molecular weight excluding hydrogens is 973 g/mol. The van der Waals surface area contributed by atoms with E-state index in [4.69, 9.17) is 19.4 Å². The third kappa shape index (κ3) is 9.50. The minimum Gasteiger partial charge on any atom is -0.455 e. The van der Waals surface area contributed by atoms with Gasteiger partial charge in [0.25, 0.3) is 0 Å². The van der Waals surface area contributed by atoms with E-state index in [-0.39, 0.29) is 0 Å². The SMILES string of the molecule is c1ccc(-c2ccc(N(c3ccc(-c4ccccc4)cc3)c3ccc(-c4cccc(-c5cc(-c6ccc(-c7cccc(-c8nc(-c9ccccc9)nc(-c9ccccc9)n8)c7)cc6)c6oc7ccccc7c6c5)c4)cc3)cc2)cc1. The molecule has 0 radical (unpaired) electrons. The first kappa shape index (κ1) is 47.7. The van der Waals surface area contributed by atoms with Crippen LogP contribution in [0.2, 0.25) is 0 Å². The van der Waals surface area contributed by atoms with Gasteiger partial charge in [-0.2, -0.15) is 0 Å². The Morgan fingerprint density at radius 3 is 1.05 bits per heavy atom. The maximum atomic E-state index is 6.71. The number of hydrogen-bond acceptors (Lipinski definition) is 5. The van der Waals surface area contributed by atoms with Crippen LogP contribution in [0, 0.1) is 0 Å². The molecule has 2 aromatic heterocycles. The number of fused-ring (bicyclic) bond motifs is 3. The van der Waals surface area contributed by atoms with Gasteiger partial charge in [0.05, 0.1) is 0 Å². The zero-order chi connectivity index (χ0) is 53.2. The second kappa shape index (κ2) is 21.0. The molecule has 80 heavy (non-hydrogen) atoms. The third-order valence-corrected chi connectivity index (χ3v) is 14.9. The summed E-state index contributed by atoms with van der Waals surface area (Å²) in [7, 11) is 0. The zero-order valence-corrected chi connectivity index (χ0v) is 43.6. The van der Waals surface area contributed by atoms with Gasteiger partial charge in [-0.15, -0.1) is 0 Å². The molecule has 0 bridgehead atoms. The highest BCUT2D eigenvalue weighted by atomic mass is 16.3. The van der Waals surface area contributed by atoms with Crippen LogP contribution in [0.1, 0.15) is 0 Å². The summed E-state index contributed by atoms with van der Waals surface area (Å²) in [6.45, 7) is 0. The summed E-state index contributed by atoms with van der Waals surface area (Å²) in [6.07, 6.45) is 0. The van der Waals surface area contributed by atoms with Gasteiger partial charge >= 0.3 is 0 Å². The summed E-state index contributed by atoms with van der Waals surface area (Å²) in [4.78, 5) is 17.3. The highest BCUT2D eigenvalue weighted by Gasteiger charge is 2.19. The maximum absolute atomic E-state index is 6.71. The number of para-hydroxylation sites is 1. The van der Waals surface area contributed by atoms with Crippen molar-refractivity contribution >= 4 is 39.0 Å². The molecule has 376 valence electrons. The molecule has 0 N–H and O–H groups in total. The summed E-state index contributed by atoms with van der Waals surface area (Å²) in [6, 6.07) is 107. The van der Waals surface area contributed by atoms with E-state index in [0.29, 0.717) is 17.5 Å². The number of hydrogen-bond donors (Lipinski definition) is 0. The van der Waals surface area contributed by atoms with Crippen molar-refractivity contribution in [1.29, 1.82) is 0 Å². The van der Waals surface area contributed by atoms with Crippen LogP contribution >= 0.6 is 0 Å². The first-order valence-corrected chi connectivity index (χ1v) is 27.0. The maximum Gasteiger partial charge on any atom is 0.164 e. The van der Waals surface area contributed by atoms with Gasteiger partial charge in [-0.25, -0.2) is 15.0 Å². The Kier molecular flexibility index (Phi) is 12.5. The monoisotopic (exact) mass is 1020 g/mol. The molecule has 0 unspecified atom stereocenters. The van der Waals surface area contributed by atoms with Crippen molar-refractivity contribution in [3.05, 3.63) is 303 Å². The van der Waals surface area contributed by atoms with Crippen LogP contribution in [0.5, 0.6) is 0 Å². The molecule has 2 heterocycles. The van der Waals surface area contributed by atoms with E-state index in [0.717, 1.165) is 100 Å². The second-order valence-corrected chi connectivity index (χ2v) is 20.0. The first-order chi connectivity index (χ1) is 39.6. The summed E-state index contributed by atoms with van der Waals surface area (Å²) < 4.78 is 6.71. The molecule has 0 fully saturated rings. The Morgan fingerprint density at radius 2 is 0.562 bits per heavy atom. The molecule has 0 amide bonds. The minimum atomic E-state index is 0.620. The summed E-state index contributed by atoms with van der Waals surface area (Å²) in [5, 5.41) is 2.17. The number of nitrogens with zero attached hydrogens (tertiary/aromatic N) is 4. The molecule has 0 aliphatic carbocycles. The molecule has 0 aliphatic rings. The fourth-order valence-corrected chi connectivity index (χ4v) is 10.8. The molecule has 0 aliphatic heterocycles. The van der Waals surface area contributed by atoms with Gasteiger partial charge in [0.1, 0.15) is 11.2 Å². The lowest BCUT2D eigenvalue weighted by molar-refractivity contribution is 0.670. The molecular formula is C75H50N4O. The van der Waals surface area contributed by atoms with Gasteiger partial charge in [0.15, 0.2) is 17.5 Å². The molecule has 5 nitrogen and oxygen atoms in total. The van der Waals surface area contributed by atoms with E-state index in [1.807, 2.05) is 66.7 Å². The van der Waals surface area contributed by atoms with Crippen molar-refractivity contribution in [3.63, 3.8) is 0 Å². The standard InChI is InChI=1S/C75H50N4O/c1-5-17-51(18-6-1)53-35-41-65(42-36-53)79(66-43-37-54(38-44-66)52-19-7-2-8-20-52)67-45-39-56(40-46-67)60-25-15-27-62(47-60)64-49-69(72-70(50-64)68-29-13-14-30-71(68)80-72)57-33-31-55(32-34-57)61-26-16-28-63(48-61)75-77-73(58-21-9-3-10-22-58)76-74(78-75)59-23-11-4-12-24-59/h1-50H. The predicted molar refractivity (Wildman–Crippen MR) is 331 cm³/mol. The fraction of sp³-hybridized carbons (Fsp3) is 0. The van der Waals surface area contributed by atoms with Gasteiger partial charge in [-0.1, -0.05) is 237 Å². The Bertz CT molecular complexity index is 4330. The van der Waals surface area contributed by atoms with Crippen LogP contribution in [-0.2, 0) is 0 Å². The minimum absolute atomic E-state index is 0.620. The average molecular weight is 1020 g/mol. The van der Waals surface area contributed by atoms with Gasteiger partial charge < -0.3 is 9.32 Å². The van der Waals surface area contributed by atoms with E-state index in [2.05, 4.69) is 241 Å². The molecule has 0 atom stereocenters. The third-order valence-electron chi connectivity index (χ3n) is 14.9. The summed E-state index contributed by atoms with van der Waals surface area (Å²) >= 11 is 0. The van der Waals surface area contributed by atoms with Crippen molar-refractivity contribution in [2.75, 3.05) is 4.90 Å². The van der Waals surface area contributed by atoms with E-state index in [1.54, 1.807) is 0 Å². The van der Waals surface area contributed by atoms with E-state index >= 15 is 0 Å². The summed E-state index contributed by atoms with van der Waals surface area (Å²) in [5.74, 6) is 1.89. The molecule has 12 aromatic carbocycles. The highest BCUT2D eigenvalue weighted by molar-refractivity contribution is 6.11. The Balaban J connectivity index is 0.787. The van der Waals surface area contributed by atoms with E-state index < -0.39 is 0 Å². The lowest BCUT2D eigenvalue weighted by atomic mass is 9.93. The van der Waals surface area contributed by atoms with Crippen LogP contribution in [0.3, 0.4) is 0 Å². The lowest BCUT2D eigenvalue weighted by Crippen LogP contribution is -2.09. The van der Waals surface area contributed by atoms with Crippen LogP contribution < -0.4 is 4.90 Å². The predicted octanol–water partition coefficient (Wildman–Crippen LogP) is 20.2. The molecule has 0 saturated carbocycles. The largest absolute Gasteiger partial charge is 0.455 e. The molecule has 14 aromatic rings. The summed E-state index contributed by atoms with van der Waals surface area (Å²) in [5.41, 5.74) is 21.2. The Hall–Kier alpha value is -10.8. The zero-order valence-electron chi connectivity index (χ0n) is 43.6.